The molecule has 19 heavy (non-hydrogen) atoms. The molecule has 1 aliphatic carbocycles. The van der Waals surface area contributed by atoms with E-state index in [2.05, 4.69) is 12.2 Å². The number of nitrogens with one attached hydrogen (secondary N) is 1. The highest BCUT2D eigenvalue weighted by Gasteiger charge is 2.40. The Morgan fingerprint density at radius 1 is 1.32 bits per heavy atom. The number of halogens is 1. The van der Waals surface area contributed by atoms with E-state index in [0.717, 1.165) is 19.3 Å². The molecule has 0 bridgehead atoms. The largest absolute Gasteiger partial charge is 0.319 e. The fourth-order valence-corrected chi connectivity index (χ4v) is 3.32. The van der Waals surface area contributed by atoms with Gasteiger partial charge in [0.1, 0.15) is 12.0 Å². The number of nitrogens with zero attached hydrogens (tertiary/aromatic N) is 1. The molecule has 102 valence electrons. The first-order valence-electron chi connectivity index (χ1n) is 6.96. The number of hydrogen-bond acceptors (Lipinski definition) is 2. The predicted octanol–water partition coefficient (Wildman–Crippen LogP) is 2.44. The lowest BCUT2D eigenvalue weighted by molar-refractivity contribution is -0.130. The molecule has 2 fully saturated rings. The van der Waals surface area contributed by atoms with Gasteiger partial charge in [0.05, 0.1) is 6.54 Å². The van der Waals surface area contributed by atoms with Crippen LogP contribution in [0.15, 0.2) is 24.3 Å². The molecule has 1 aromatic carbocycles. The average molecular weight is 262 g/mol. The molecule has 0 aromatic heterocycles. The second-order valence-electron chi connectivity index (χ2n) is 5.68. The van der Waals surface area contributed by atoms with Gasteiger partial charge < -0.3 is 4.90 Å². The van der Waals surface area contributed by atoms with E-state index in [4.69, 9.17) is 0 Å². The maximum atomic E-state index is 13.9. The van der Waals surface area contributed by atoms with Crippen molar-refractivity contribution in [2.75, 3.05) is 6.54 Å². The minimum Gasteiger partial charge on any atom is -0.319 e. The molecule has 3 nitrogen and oxygen atoms in total. The smallest absolute Gasteiger partial charge is 0.238 e. The Morgan fingerprint density at radius 3 is 2.79 bits per heavy atom. The third-order valence-corrected chi connectivity index (χ3v) is 4.27. The van der Waals surface area contributed by atoms with Crippen LogP contribution in [0.2, 0.25) is 0 Å². The van der Waals surface area contributed by atoms with Crippen LogP contribution in [-0.4, -0.2) is 23.4 Å². The van der Waals surface area contributed by atoms with E-state index in [9.17, 15) is 9.18 Å². The van der Waals surface area contributed by atoms with Crippen molar-refractivity contribution >= 4 is 5.91 Å². The van der Waals surface area contributed by atoms with Gasteiger partial charge in [-0.05, 0) is 31.2 Å². The Bertz CT molecular complexity index is 491. The molecule has 1 saturated carbocycles. The molecule has 1 N–H and O–H groups in total. The summed E-state index contributed by atoms with van der Waals surface area (Å²) in [5, 5.41) is 3.14. The van der Waals surface area contributed by atoms with E-state index in [1.165, 1.54) is 6.07 Å². The summed E-state index contributed by atoms with van der Waals surface area (Å²) in [7, 11) is 0. The number of benzene rings is 1. The van der Waals surface area contributed by atoms with Gasteiger partial charge in [0.15, 0.2) is 0 Å². The van der Waals surface area contributed by atoms with Crippen molar-refractivity contribution in [3.05, 3.63) is 35.6 Å². The van der Waals surface area contributed by atoms with Crippen LogP contribution in [0.25, 0.3) is 0 Å². The zero-order chi connectivity index (χ0) is 13.4. The van der Waals surface area contributed by atoms with Gasteiger partial charge in [-0.15, -0.1) is 0 Å². The van der Waals surface area contributed by atoms with Crippen molar-refractivity contribution in [3.8, 4) is 0 Å². The molecule has 1 amide bonds. The molecule has 1 aliphatic heterocycles. The maximum absolute atomic E-state index is 13.9. The fraction of sp³-hybridized carbons (Fsp3) is 0.533. The van der Waals surface area contributed by atoms with Gasteiger partial charge in [-0.1, -0.05) is 25.1 Å². The van der Waals surface area contributed by atoms with Crippen LogP contribution >= 0.6 is 0 Å². The third-order valence-electron chi connectivity index (χ3n) is 4.27. The van der Waals surface area contributed by atoms with Gasteiger partial charge in [-0.3, -0.25) is 10.1 Å². The molecule has 0 radical (unpaired) electrons. The van der Waals surface area contributed by atoms with Crippen molar-refractivity contribution in [1.29, 1.82) is 0 Å². The molecule has 1 aromatic rings. The molecule has 2 aliphatic rings. The van der Waals surface area contributed by atoms with Crippen LogP contribution in [0.1, 0.15) is 37.9 Å². The Hall–Kier alpha value is -1.42. The average Bonchev–Trinajstić information content (AvgIpc) is 2.96. The zero-order valence-electron chi connectivity index (χ0n) is 11.1. The number of amides is 1. The quantitative estimate of drug-likeness (QED) is 0.888. The Kier molecular flexibility index (Phi) is 3.27. The number of hydrogen-bond donors (Lipinski definition) is 1. The van der Waals surface area contributed by atoms with Crippen LogP contribution in [0.3, 0.4) is 0 Å². The summed E-state index contributed by atoms with van der Waals surface area (Å²) in [4.78, 5) is 14.0. The minimum absolute atomic E-state index is 0.0901. The number of rotatable bonds is 2. The lowest BCUT2D eigenvalue weighted by Gasteiger charge is -2.30. The van der Waals surface area contributed by atoms with Crippen LogP contribution in [0, 0.1) is 11.7 Å². The zero-order valence-corrected chi connectivity index (χ0v) is 11.1. The van der Waals surface area contributed by atoms with Crippen LogP contribution in [0.5, 0.6) is 0 Å². The fourth-order valence-electron chi connectivity index (χ4n) is 3.32. The molecule has 0 spiro atoms. The molecule has 3 unspecified atom stereocenters. The summed E-state index contributed by atoms with van der Waals surface area (Å²) in [6.07, 6.45) is 2.90. The summed E-state index contributed by atoms with van der Waals surface area (Å²) < 4.78 is 13.9. The number of carbonyl (C=O) groups is 1. The summed E-state index contributed by atoms with van der Waals surface area (Å²) in [6.45, 7) is 2.52. The predicted molar refractivity (Wildman–Crippen MR) is 70.8 cm³/mol. The molecular formula is C15H19FN2O. The van der Waals surface area contributed by atoms with Gasteiger partial charge in [0.25, 0.3) is 0 Å². The Balaban J connectivity index is 1.88. The highest BCUT2D eigenvalue weighted by atomic mass is 19.1. The molecule has 3 atom stereocenters. The second-order valence-corrected chi connectivity index (χ2v) is 5.68. The van der Waals surface area contributed by atoms with E-state index in [0.29, 0.717) is 18.0 Å². The van der Waals surface area contributed by atoms with Crippen molar-refractivity contribution < 1.29 is 9.18 Å². The van der Waals surface area contributed by atoms with Crippen LogP contribution in [0.4, 0.5) is 4.39 Å². The maximum Gasteiger partial charge on any atom is 0.238 e. The van der Waals surface area contributed by atoms with E-state index in [1.54, 1.807) is 12.1 Å². The molecule has 3 rings (SSSR count). The van der Waals surface area contributed by atoms with Crippen LogP contribution < -0.4 is 5.32 Å². The normalized spacial score (nSPS) is 31.2. The third kappa shape index (κ3) is 2.25. The second kappa shape index (κ2) is 4.93. The van der Waals surface area contributed by atoms with Gasteiger partial charge in [-0.2, -0.15) is 0 Å². The summed E-state index contributed by atoms with van der Waals surface area (Å²) in [6, 6.07) is 6.96. The summed E-state index contributed by atoms with van der Waals surface area (Å²) >= 11 is 0. The van der Waals surface area contributed by atoms with Gasteiger partial charge >= 0.3 is 0 Å². The minimum atomic E-state index is -0.302. The lowest BCUT2D eigenvalue weighted by atomic mass is 10.1. The van der Waals surface area contributed by atoms with Crippen molar-refractivity contribution in [2.24, 2.45) is 5.92 Å². The first-order valence-corrected chi connectivity index (χ1v) is 6.96. The molecular weight excluding hydrogens is 243 g/mol. The van der Waals surface area contributed by atoms with Crippen molar-refractivity contribution in [2.45, 2.75) is 38.4 Å². The Morgan fingerprint density at radius 2 is 2.11 bits per heavy atom. The van der Waals surface area contributed by atoms with Crippen molar-refractivity contribution in [3.63, 3.8) is 0 Å². The van der Waals surface area contributed by atoms with E-state index in [-0.39, 0.29) is 23.9 Å². The first kappa shape index (κ1) is 12.6. The first-order chi connectivity index (χ1) is 9.16. The van der Waals surface area contributed by atoms with Gasteiger partial charge in [0.2, 0.25) is 5.91 Å². The molecule has 1 saturated heterocycles. The monoisotopic (exact) mass is 262 g/mol. The number of carbonyl (C=O) groups excluding carboxylic acids is 1. The highest BCUT2D eigenvalue weighted by Crippen LogP contribution is 2.35. The summed E-state index contributed by atoms with van der Waals surface area (Å²) in [5.41, 5.74) is 0.577. The van der Waals surface area contributed by atoms with E-state index < -0.39 is 0 Å². The van der Waals surface area contributed by atoms with Crippen LogP contribution in [-0.2, 0) is 4.79 Å². The molecule has 4 heteroatoms. The summed E-state index contributed by atoms with van der Waals surface area (Å²) in [5.74, 6) is 0.498. The van der Waals surface area contributed by atoms with Gasteiger partial charge in [0, 0.05) is 11.6 Å². The highest BCUT2D eigenvalue weighted by molar-refractivity contribution is 5.81. The molecule has 1 heterocycles. The lowest BCUT2D eigenvalue weighted by Crippen LogP contribution is -2.38. The van der Waals surface area contributed by atoms with E-state index >= 15 is 0 Å². The topological polar surface area (TPSA) is 32.3 Å². The SMILES string of the molecule is CC1CCC(N2C(=O)CNC2c2ccccc2F)C1. The Labute approximate surface area is 112 Å². The van der Waals surface area contributed by atoms with E-state index in [1.807, 2.05) is 11.0 Å². The van der Waals surface area contributed by atoms with Gasteiger partial charge in [-0.25, -0.2) is 4.39 Å². The standard InChI is InChI=1S/C15H19FN2O/c1-10-6-7-11(8-10)18-14(19)9-17-15(18)12-4-2-3-5-13(12)16/h2-5,10-11,15,17H,6-9H2,1H3. The van der Waals surface area contributed by atoms with Crippen molar-refractivity contribution in [1.82, 2.24) is 10.2 Å².